The fraction of sp³-hybridized carbons (Fsp3) is 0.545. The van der Waals surface area contributed by atoms with Crippen LogP contribution in [0.4, 0.5) is 0 Å². The molecule has 0 bridgehead atoms. The Morgan fingerprint density at radius 3 is 2.87 bits per heavy atom. The number of ether oxygens (including phenoxy) is 1. The Hall–Kier alpha value is -1.29. The lowest BCUT2D eigenvalue weighted by Crippen LogP contribution is -2.43. The predicted octanol–water partition coefficient (Wildman–Crippen LogP) is 1.76. The molecule has 0 atom stereocenters. The van der Waals surface area contributed by atoms with Crippen LogP contribution in [0.15, 0.2) is 18.3 Å². The molecule has 1 aromatic rings. The van der Waals surface area contributed by atoms with Crippen molar-refractivity contribution in [2.45, 2.75) is 31.4 Å². The number of carboxylic acid groups (broad SMARTS) is 1. The van der Waals surface area contributed by atoms with E-state index in [-0.39, 0.29) is 5.60 Å². The summed E-state index contributed by atoms with van der Waals surface area (Å²) in [5.41, 5.74) is 0.196. The minimum atomic E-state index is -0.884. The maximum Gasteiger partial charge on any atom is 0.352 e. The third kappa shape index (κ3) is 1.77. The van der Waals surface area contributed by atoms with Gasteiger partial charge in [-0.15, -0.1) is 0 Å². The van der Waals surface area contributed by atoms with E-state index in [1.807, 2.05) is 0 Å². The molecule has 0 radical (unpaired) electrons. The minimum Gasteiger partial charge on any atom is -0.477 e. The Balaban J connectivity index is 2.16. The zero-order chi connectivity index (χ0) is 10.9. The Bertz CT molecular complexity index is 360. The lowest BCUT2D eigenvalue weighted by molar-refractivity contribution is -0.0837. The van der Waals surface area contributed by atoms with Gasteiger partial charge in [-0.25, -0.2) is 4.79 Å². The summed E-state index contributed by atoms with van der Waals surface area (Å²) < 4.78 is 7.22. The van der Waals surface area contributed by atoms with E-state index < -0.39 is 5.97 Å². The van der Waals surface area contributed by atoms with Crippen molar-refractivity contribution in [2.75, 3.05) is 7.11 Å². The van der Waals surface area contributed by atoms with Crippen LogP contribution < -0.4 is 0 Å². The van der Waals surface area contributed by atoms with Crippen LogP contribution in [0.3, 0.4) is 0 Å². The highest BCUT2D eigenvalue weighted by Crippen LogP contribution is 2.36. The number of carboxylic acids is 1. The minimum absolute atomic E-state index is 0.136. The molecule has 4 nitrogen and oxygen atoms in total. The van der Waals surface area contributed by atoms with E-state index in [1.54, 1.807) is 30.0 Å². The Morgan fingerprint density at radius 1 is 1.67 bits per heavy atom. The van der Waals surface area contributed by atoms with Gasteiger partial charge in [0.05, 0.1) is 12.1 Å². The van der Waals surface area contributed by atoms with Crippen molar-refractivity contribution in [3.05, 3.63) is 24.0 Å². The van der Waals surface area contributed by atoms with Crippen LogP contribution in [-0.2, 0) is 11.3 Å². The molecule has 1 aliphatic rings. The Labute approximate surface area is 88.5 Å². The van der Waals surface area contributed by atoms with Crippen LogP contribution in [0.1, 0.15) is 29.8 Å². The van der Waals surface area contributed by atoms with Crippen LogP contribution >= 0.6 is 0 Å². The van der Waals surface area contributed by atoms with Gasteiger partial charge in [-0.1, -0.05) is 0 Å². The highest BCUT2D eigenvalue weighted by atomic mass is 16.5. The molecule has 4 heteroatoms. The SMILES string of the molecule is COC1(Cn2cccc2C(=O)O)CCC1. The number of hydrogen-bond acceptors (Lipinski definition) is 2. The molecule has 0 saturated heterocycles. The summed E-state index contributed by atoms with van der Waals surface area (Å²) in [6.45, 7) is 0.637. The summed E-state index contributed by atoms with van der Waals surface area (Å²) >= 11 is 0. The molecule has 1 saturated carbocycles. The van der Waals surface area contributed by atoms with Gasteiger partial charge >= 0.3 is 5.97 Å². The van der Waals surface area contributed by atoms with Gasteiger partial charge in [-0.05, 0) is 31.4 Å². The first-order valence-corrected chi connectivity index (χ1v) is 5.10. The lowest BCUT2D eigenvalue weighted by Gasteiger charge is -2.41. The Morgan fingerprint density at radius 2 is 2.40 bits per heavy atom. The van der Waals surface area contributed by atoms with E-state index >= 15 is 0 Å². The molecule has 1 fully saturated rings. The molecule has 0 aliphatic heterocycles. The average molecular weight is 209 g/mol. The molecule has 1 N–H and O–H groups in total. The van der Waals surface area contributed by atoms with E-state index in [2.05, 4.69) is 0 Å². The normalized spacial score (nSPS) is 18.5. The molecule has 0 amide bonds. The zero-order valence-corrected chi connectivity index (χ0v) is 8.77. The topological polar surface area (TPSA) is 51.5 Å². The molecule has 2 rings (SSSR count). The standard InChI is InChI=1S/C11H15NO3/c1-15-11(5-3-6-11)8-12-7-2-4-9(12)10(13)14/h2,4,7H,3,5-6,8H2,1H3,(H,13,14). The molecular formula is C11H15NO3. The molecule has 1 aromatic heterocycles. The second kappa shape index (κ2) is 3.70. The Kier molecular flexibility index (Phi) is 2.52. The largest absolute Gasteiger partial charge is 0.477 e. The van der Waals surface area contributed by atoms with E-state index in [9.17, 15) is 4.79 Å². The molecule has 82 valence electrons. The monoisotopic (exact) mass is 209 g/mol. The molecule has 1 heterocycles. The van der Waals surface area contributed by atoms with E-state index in [1.165, 1.54) is 0 Å². The van der Waals surface area contributed by atoms with Crippen molar-refractivity contribution in [1.29, 1.82) is 0 Å². The number of rotatable bonds is 4. The van der Waals surface area contributed by atoms with Gasteiger partial charge in [-0.3, -0.25) is 0 Å². The van der Waals surface area contributed by atoms with Crippen LogP contribution in [0.5, 0.6) is 0 Å². The first-order chi connectivity index (χ1) is 7.17. The zero-order valence-electron chi connectivity index (χ0n) is 8.77. The van der Waals surface area contributed by atoms with Crippen LogP contribution in [-0.4, -0.2) is 28.4 Å². The maximum atomic E-state index is 10.9. The van der Waals surface area contributed by atoms with Gasteiger partial charge in [0.25, 0.3) is 0 Å². The van der Waals surface area contributed by atoms with Gasteiger partial charge in [-0.2, -0.15) is 0 Å². The molecule has 0 unspecified atom stereocenters. The number of methoxy groups -OCH3 is 1. The average Bonchev–Trinajstić information content (AvgIpc) is 2.59. The van der Waals surface area contributed by atoms with E-state index in [0.717, 1.165) is 19.3 Å². The third-order valence-corrected chi connectivity index (χ3v) is 3.20. The first-order valence-electron chi connectivity index (χ1n) is 5.10. The van der Waals surface area contributed by atoms with Crippen LogP contribution in [0.2, 0.25) is 0 Å². The van der Waals surface area contributed by atoms with Crippen molar-refractivity contribution < 1.29 is 14.6 Å². The number of aromatic carboxylic acids is 1. The third-order valence-electron chi connectivity index (χ3n) is 3.20. The van der Waals surface area contributed by atoms with Crippen LogP contribution in [0, 0.1) is 0 Å². The second-order valence-electron chi connectivity index (χ2n) is 4.07. The lowest BCUT2D eigenvalue weighted by atomic mass is 9.80. The van der Waals surface area contributed by atoms with Crippen LogP contribution in [0.25, 0.3) is 0 Å². The van der Waals surface area contributed by atoms with Crippen molar-refractivity contribution in [1.82, 2.24) is 4.57 Å². The van der Waals surface area contributed by atoms with Crippen molar-refractivity contribution in [2.24, 2.45) is 0 Å². The van der Waals surface area contributed by atoms with Crippen molar-refractivity contribution in [3.63, 3.8) is 0 Å². The number of nitrogens with zero attached hydrogens (tertiary/aromatic N) is 1. The highest BCUT2D eigenvalue weighted by molar-refractivity contribution is 5.85. The van der Waals surface area contributed by atoms with Gasteiger partial charge in [0.1, 0.15) is 5.69 Å². The number of carbonyl (C=O) groups is 1. The maximum absolute atomic E-state index is 10.9. The molecule has 15 heavy (non-hydrogen) atoms. The molecule has 1 aliphatic carbocycles. The number of hydrogen-bond donors (Lipinski definition) is 1. The summed E-state index contributed by atoms with van der Waals surface area (Å²) in [5.74, 6) is -0.884. The highest BCUT2D eigenvalue weighted by Gasteiger charge is 2.37. The summed E-state index contributed by atoms with van der Waals surface area (Å²) in [4.78, 5) is 10.9. The van der Waals surface area contributed by atoms with Gasteiger partial charge in [0.15, 0.2) is 0 Å². The number of aromatic nitrogens is 1. The van der Waals surface area contributed by atoms with E-state index in [4.69, 9.17) is 9.84 Å². The van der Waals surface area contributed by atoms with E-state index in [0.29, 0.717) is 12.2 Å². The fourth-order valence-corrected chi connectivity index (χ4v) is 2.05. The second-order valence-corrected chi connectivity index (χ2v) is 4.07. The molecule has 0 spiro atoms. The fourth-order valence-electron chi connectivity index (χ4n) is 2.05. The summed E-state index contributed by atoms with van der Waals surface area (Å²) in [5, 5.41) is 8.95. The summed E-state index contributed by atoms with van der Waals surface area (Å²) in [7, 11) is 1.70. The molecule has 0 aromatic carbocycles. The first kappa shape index (κ1) is 10.2. The summed E-state index contributed by atoms with van der Waals surface area (Å²) in [6, 6.07) is 3.37. The van der Waals surface area contributed by atoms with Gasteiger partial charge in [0.2, 0.25) is 0 Å². The smallest absolute Gasteiger partial charge is 0.352 e. The van der Waals surface area contributed by atoms with Gasteiger partial charge < -0.3 is 14.4 Å². The molecular weight excluding hydrogens is 194 g/mol. The van der Waals surface area contributed by atoms with Crippen molar-refractivity contribution in [3.8, 4) is 0 Å². The van der Waals surface area contributed by atoms with Crippen molar-refractivity contribution >= 4 is 5.97 Å². The quantitative estimate of drug-likeness (QED) is 0.822. The summed E-state index contributed by atoms with van der Waals surface area (Å²) in [6.07, 6.45) is 4.99. The predicted molar refractivity (Wildman–Crippen MR) is 55.0 cm³/mol. The van der Waals surface area contributed by atoms with Gasteiger partial charge in [0, 0.05) is 13.3 Å².